The number of nitrogens with one attached hydrogen (secondary N) is 2. The Hall–Kier alpha value is -3.26. The summed E-state index contributed by atoms with van der Waals surface area (Å²) >= 11 is 0. The summed E-state index contributed by atoms with van der Waals surface area (Å²) in [5, 5.41) is 2.86. The first-order valence-corrected chi connectivity index (χ1v) is 10.8. The summed E-state index contributed by atoms with van der Waals surface area (Å²) in [6, 6.07) is 14.7. The SMILES string of the molecule is O=C(NC1CCc2ccc(F)cc21)c1ccccc1NS(=O)(=O)c1ccc(F)cc1. The standard InChI is InChI=1S/C22H18F2N2O3S/c23-15-8-10-17(11-9-15)30(28,29)26-21-4-2-1-3-18(21)22(27)25-20-12-6-14-5-7-16(24)13-19(14)20/h1-5,7-11,13,20,26H,6,12H2,(H,25,27). The highest BCUT2D eigenvalue weighted by Crippen LogP contribution is 2.32. The smallest absolute Gasteiger partial charge is 0.261 e. The minimum atomic E-state index is -4.01. The molecule has 0 heterocycles. The highest BCUT2D eigenvalue weighted by molar-refractivity contribution is 7.92. The monoisotopic (exact) mass is 428 g/mol. The van der Waals surface area contributed by atoms with Gasteiger partial charge in [0.2, 0.25) is 0 Å². The lowest BCUT2D eigenvalue weighted by Gasteiger charge is -2.17. The molecule has 0 saturated carbocycles. The first kappa shape index (κ1) is 20.0. The Balaban J connectivity index is 1.57. The van der Waals surface area contributed by atoms with Crippen molar-refractivity contribution >= 4 is 21.6 Å². The summed E-state index contributed by atoms with van der Waals surface area (Å²) in [6.07, 6.45) is 1.35. The molecule has 3 aromatic rings. The van der Waals surface area contributed by atoms with E-state index in [0.29, 0.717) is 6.42 Å². The third-order valence-electron chi connectivity index (χ3n) is 5.03. The molecule has 8 heteroatoms. The average molecular weight is 428 g/mol. The first-order chi connectivity index (χ1) is 14.3. The van der Waals surface area contributed by atoms with Gasteiger partial charge in [-0.25, -0.2) is 17.2 Å². The van der Waals surface area contributed by atoms with Crippen molar-refractivity contribution < 1.29 is 22.0 Å². The molecule has 5 nitrogen and oxygen atoms in total. The van der Waals surface area contributed by atoms with Crippen LogP contribution in [0.15, 0.2) is 71.6 Å². The van der Waals surface area contributed by atoms with Crippen molar-refractivity contribution in [2.24, 2.45) is 0 Å². The zero-order chi connectivity index (χ0) is 21.3. The van der Waals surface area contributed by atoms with Crippen LogP contribution in [0, 0.1) is 11.6 Å². The maximum absolute atomic E-state index is 13.6. The van der Waals surface area contributed by atoms with Gasteiger partial charge in [0.1, 0.15) is 11.6 Å². The molecule has 3 aromatic carbocycles. The van der Waals surface area contributed by atoms with E-state index in [0.717, 1.165) is 41.8 Å². The van der Waals surface area contributed by atoms with Gasteiger partial charge in [-0.05, 0) is 72.5 Å². The Morgan fingerprint density at radius 1 is 0.933 bits per heavy atom. The Kier molecular flexibility index (Phi) is 5.26. The van der Waals surface area contributed by atoms with Crippen LogP contribution in [0.5, 0.6) is 0 Å². The van der Waals surface area contributed by atoms with Crippen LogP contribution in [0.3, 0.4) is 0 Å². The van der Waals surface area contributed by atoms with Crippen LogP contribution in [0.1, 0.15) is 33.9 Å². The van der Waals surface area contributed by atoms with Crippen LogP contribution in [0.2, 0.25) is 0 Å². The number of benzene rings is 3. The van der Waals surface area contributed by atoms with Crippen molar-refractivity contribution in [1.82, 2.24) is 5.32 Å². The van der Waals surface area contributed by atoms with Crippen LogP contribution in [-0.2, 0) is 16.4 Å². The summed E-state index contributed by atoms with van der Waals surface area (Å²) in [4.78, 5) is 12.8. The number of carbonyl (C=O) groups excluding carboxylic acids is 1. The number of hydrogen-bond acceptors (Lipinski definition) is 3. The van der Waals surface area contributed by atoms with Gasteiger partial charge < -0.3 is 5.32 Å². The zero-order valence-corrected chi connectivity index (χ0v) is 16.5. The number of amides is 1. The van der Waals surface area contributed by atoms with Gasteiger partial charge in [-0.1, -0.05) is 18.2 Å². The summed E-state index contributed by atoms with van der Waals surface area (Å²) in [5.74, 6) is -1.40. The molecule has 0 spiro atoms. The lowest BCUT2D eigenvalue weighted by atomic mass is 10.1. The Morgan fingerprint density at radius 3 is 2.40 bits per heavy atom. The molecule has 1 amide bonds. The van der Waals surface area contributed by atoms with E-state index < -0.39 is 21.7 Å². The molecule has 154 valence electrons. The number of sulfonamides is 1. The summed E-state index contributed by atoms with van der Waals surface area (Å²) in [7, 11) is -4.01. The van der Waals surface area contributed by atoms with Crippen molar-refractivity contribution in [2.45, 2.75) is 23.8 Å². The number of hydrogen-bond donors (Lipinski definition) is 2. The van der Waals surface area contributed by atoms with Gasteiger partial charge >= 0.3 is 0 Å². The molecular weight excluding hydrogens is 410 g/mol. The molecule has 0 aromatic heterocycles. The maximum atomic E-state index is 13.6. The fourth-order valence-electron chi connectivity index (χ4n) is 3.55. The normalized spacial score (nSPS) is 15.5. The van der Waals surface area contributed by atoms with Gasteiger partial charge in [-0.15, -0.1) is 0 Å². The fourth-order valence-corrected chi connectivity index (χ4v) is 4.63. The second-order valence-electron chi connectivity index (χ2n) is 7.01. The van der Waals surface area contributed by atoms with Gasteiger partial charge in [-0.2, -0.15) is 0 Å². The first-order valence-electron chi connectivity index (χ1n) is 9.30. The minimum absolute atomic E-state index is 0.0942. The largest absolute Gasteiger partial charge is 0.345 e. The van der Waals surface area contributed by atoms with E-state index in [9.17, 15) is 22.0 Å². The van der Waals surface area contributed by atoms with Crippen LogP contribution < -0.4 is 10.0 Å². The third-order valence-corrected chi connectivity index (χ3v) is 6.41. The van der Waals surface area contributed by atoms with Gasteiger partial charge in [0, 0.05) is 0 Å². The van der Waals surface area contributed by atoms with E-state index in [1.165, 1.54) is 24.3 Å². The molecule has 0 saturated heterocycles. The minimum Gasteiger partial charge on any atom is -0.345 e. The molecule has 1 unspecified atom stereocenters. The maximum Gasteiger partial charge on any atom is 0.261 e. The summed E-state index contributed by atoms with van der Waals surface area (Å²) in [5.41, 5.74) is 1.93. The van der Waals surface area contributed by atoms with Crippen LogP contribution in [-0.4, -0.2) is 14.3 Å². The lowest BCUT2D eigenvalue weighted by Crippen LogP contribution is -2.28. The van der Waals surface area contributed by atoms with Crippen molar-refractivity contribution in [3.8, 4) is 0 Å². The molecular formula is C22H18F2N2O3S. The number of halogens is 2. The van der Waals surface area contributed by atoms with Crippen LogP contribution in [0.4, 0.5) is 14.5 Å². The van der Waals surface area contributed by atoms with Crippen molar-refractivity contribution in [2.75, 3.05) is 4.72 Å². The quantitative estimate of drug-likeness (QED) is 0.640. The molecule has 0 radical (unpaired) electrons. The van der Waals surface area contributed by atoms with Gasteiger partial charge in [0.05, 0.1) is 22.2 Å². The second kappa shape index (κ2) is 7.87. The Labute approximate surface area is 172 Å². The Bertz CT molecular complexity index is 1210. The Morgan fingerprint density at radius 2 is 1.63 bits per heavy atom. The zero-order valence-electron chi connectivity index (χ0n) is 15.7. The number of para-hydroxylation sites is 1. The third kappa shape index (κ3) is 4.04. The van der Waals surface area contributed by atoms with E-state index >= 15 is 0 Å². The molecule has 1 atom stereocenters. The topological polar surface area (TPSA) is 75.3 Å². The summed E-state index contributed by atoms with van der Waals surface area (Å²) in [6.45, 7) is 0. The molecule has 0 aliphatic heterocycles. The molecule has 1 aliphatic carbocycles. The van der Waals surface area contributed by atoms with Gasteiger partial charge in [0.15, 0.2) is 0 Å². The van der Waals surface area contributed by atoms with E-state index in [1.807, 2.05) is 0 Å². The van der Waals surface area contributed by atoms with Gasteiger partial charge in [0.25, 0.3) is 15.9 Å². The van der Waals surface area contributed by atoms with Crippen molar-refractivity contribution in [3.63, 3.8) is 0 Å². The predicted octanol–water partition coefficient (Wildman–Crippen LogP) is 4.18. The van der Waals surface area contributed by atoms with E-state index in [2.05, 4.69) is 10.0 Å². The number of carbonyl (C=O) groups is 1. The number of anilines is 1. The second-order valence-corrected chi connectivity index (χ2v) is 8.70. The fraction of sp³-hybridized carbons (Fsp3) is 0.136. The van der Waals surface area contributed by atoms with Gasteiger partial charge in [-0.3, -0.25) is 9.52 Å². The highest BCUT2D eigenvalue weighted by Gasteiger charge is 2.26. The van der Waals surface area contributed by atoms with E-state index in [1.54, 1.807) is 18.2 Å². The average Bonchev–Trinajstić information content (AvgIpc) is 3.10. The molecule has 2 N–H and O–H groups in total. The van der Waals surface area contributed by atoms with E-state index in [4.69, 9.17) is 0 Å². The molecule has 0 fully saturated rings. The van der Waals surface area contributed by atoms with Crippen LogP contribution in [0.25, 0.3) is 0 Å². The van der Waals surface area contributed by atoms with Crippen LogP contribution >= 0.6 is 0 Å². The van der Waals surface area contributed by atoms with Crippen molar-refractivity contribution in [1.29, 1.82) is 0 Å². The molecule has 30 heavy (non-hydrogen) atoms. The predicted molar refractivity (Wildman–Crippen MR) is 109 cm³/mol. The lowest BCUT2D eigenvalue weighted by molar-refractivity contribution is 0.0937. The molecule has 1 aliphatic rings. The molecule has 4 rings (SSSR count). The number of fused-ring (bicyclic) bond motifs is 1. The van der Waals surface area contributed by atoms with E-state index in [-0.39, 0.29) is 28.0 Å². The summed E-state index contributed by atoms with van der Waals surface area (Å²) < 4.78 is 54.4. The number of aryl methyl sites for hydroxylation is 1. The van der Waals surface area contributed by atoms with Crippen molar-refractivity contribution in [3.05, 3.63) is 95.1 Å². The number of rotatable bonds is 5. The molecule has 0 bridgehead atoms. The highest BCUT2D eigenvalue weighted by atomic mass is 32.2.